The maximum Gasteiger partial charge on any atom is 0.204 e. The Balaban J connectivity index is 1.93. The lowest BCUT2D eigenvalue weighted by atomic mass is 9.95. The summed E-state index contributed by atoms with van der Waals surface area (Å²) in [5.74, 6) is -0.380. The maximum atomic E-state index is 13.0. The first kappa shape index (κ1) is 17.2. The molecular formula is C20H18O7. The zero-order valence-corrected chi connectivity index (χ0v) is 14.7. The van der Waals surface area contributed by atoms with E-state index in [1.807, 2.05) is 0 Å². The van der Waals surface area contributed by atoms with E-state index < -0.39 is 17.1 Å². The number of fused-ring (bicyclic) bond motifs is 3. The molecule has 27 heavy (non-hydrogen) atoms. The lowest BCUT2D eigenvalue weighted by Gasteiger charge is -2.24. The van der Waals surface area contributed by atoms with E-state index in [-0.39, 0.29) is 39.3 Å². The zero-order valence-electron chi connectivity index (χ0n) is 14.7. The molecule has 3 aromatic rings. The second kappa shape index (κ2) is 5.65. The van der Waals surface area contributed by atoms with Gasteiger partial charge in [0.2, 0.25) is 5.43 Å². The van der Waals surface area contributed by atoms with Crippen molar-refractivity contribution in [3.8, 4) is 34.1 Å². The molecule has 1 atom stereocenters. The lowest BCUT2D eigenvalue weighted by Crippen LogP contribution is -2.39. The van der Waals surface area contributed by atoms with Crippen LogP contribution in [0, 0.1) is 0 Å². The Morgan fingerprint density at radius 2 is 1.81 bits per heavy atom. The van der Waals surface area contributed by atoms with Crippen molar-refractivity contribution in [3.63, 3.8) is 0 Å². The van der Waals surface area contributed by atoms with Crippen molar-refractivity contribution in [3.05, 3.63) is 46.3 Å². The van der Waals surface area contributed by atoms with Crippen LogP contribution in [-0.4, -0.2) is 32.1 Å². The first-order valence-corrected chi connectivity index (χ1v) is 8.38. The summed E-state index contributed by atoms with van der Waals surface area (Å²) in [7, 11) is 0. The van der Waals surface area contributed by atoms with E-state index in [9.17, 15) is 25.2 Å². The van der Waals surface area contributed by atoms with Gasteiger partial charge in [-0.05, 0) is 26.0 Å². The quantitative estimate of drug-likeness (QED) is 0.547. The number of ether oxygens (including phenoxy) is 1. The topological polar surface area (TPSA) is 120 Å². The van der Waals surface area contributed by atoms with Gasteiger partial charge in [0.1, 0.15) is 46.3 Å². The fourth-order valence-electron chi connectivity index (χ4n) is 3.32. The molecule has 1 aliphatic heterocycles. The first-order chi connectivity index (χ1) is 12.7. The summed E-state index contributed by atoms with van der Waals surface area (Å²) in [4.78, 5) is 13.0. The smallest absolute Gasteiger partial charge is 0.204 e. The molecule has 2 heterocycles. The van der Waals surface area contributed by atoms with Crippen LogP contribution in [0.2, 0.25) is 0 Å². The average molecular weight is 370 g/mol. The molecule has 0 bridgehead atoms. The van der Waals surface area contributed by atoms with Gasteiger partial charge in [-0.15, -0.1) is 0 Å². The minimum Gasteiger partial charge on any atom is -0.508 e. The van der Waals surface area contributed by atoms with Gasteiger partial charge in [0.15, 0.2) is 0 Å². The van der Waals surface area contributed by atoms with Gasteiger partial charge >= 0.3 is 0 Å². The van der Waals surface area contributed by atoms with Crippen LogP contribution in [0.3, 0.4) is 0 Å². The second-order valence-corrected chi connectivity index (χ2v) is 7.22. The van der Waals surface area contributed by atoms with Gasteiger partial charge in [-0.25, -0.2) is 0 Å². The maximum absolute atomic E-state index is 13.0. The summed E-state index contributed by atoms with van der Waals surface area (Å²) >= 11 is 0. The Kier molecular flexibility index (Phi) is 3.61. The second-order valence-electron chi connectivity index (χ2n) is 7.22. The molecule has 0 saturated carbocycles. The number of phenols is 3. The van der Waals surface area contributed by atoms with E-state index in [2.05, 4.69) is 0 Å². The lowest BCUT2D eigenvalue weighted by molar-refractivity contribution is -0.0229. The van der Waals surface area contributed by atoms with Crippen LogP contribution in [0.25, 0.3) is 22.1 Å². The van der Waals surface area contributed by atoms with Gasteiger partial charge in [-0.2, -0.15) is 0 Å². The minimum absolute atomic E-state index is 0.0290. The van der Waals surface area contributed by atoms with Crippen molar-refractivity contribution < 1.29 is 29.6 Å². The van der Waals surface area contributed by atoms with Gasteiger partial charge in [-0.1, -0.05) is 0 Å². The van der Waals surface area contributed by atoms with Gasteiger partial charge in [0, 0.05) is 29.7 Å². The van der Waals surface area contributed by atoms with Gasteiger partial charge in [0.05, 0.1) is 11.2 Å². The van der Waals surface area contributed by atoms with Crippen LogP contribution in [0.5, 0.6) is 23.0 Å². The molecule has 0 unspecified atom stereocenters. The highest BCUT2D eigenvalue weighted by Crippen LogP contribution is 2.42. The van der Waals surface area contributed by atoms with Gasteiger partial charge < -0.3 is 29.6 Å². The monoisotopic (exact) mass is 370 g/mol. The molecule has 4 rings (SSSR count). The van der Waals surface area contributed by atoms with E-state index in [0.717, 1.165) is 6.07 Å². The Morgan fingerprint density at radius 3 is 2.48 bits per heavy atom. The highest BCUT2D eigenvalue weighted by atomic mass is 16.5. The molecule has 1 aliphatic rings. The van der Waals surface area contributed by atoms with Crippen molar-refractivity contribution in [1.82, 2.24) is 0 Å². The molecular weight excluding hydrogens is 352 g/mol. The molecule has 7 heteroatoms. The molecule has 0 amide bonds. The Bertz CT molecular complexity index is 1120. The van der Waals surface area contributed by atoms with Crippen LogP contribution in [0.15, 0.2) is 39.7 Å². The summed E-state index contributed by atoms with van der Waals surface area (Å²) in [5, 5.41) is 40.0. The molecule has 2 aromatic carbocycles. The molecule has 140 valence electrons. The standard InChI is InChI=1S/C20H18O7/c1-20(2,25)16-6-11-15(27-16)7-14(23)17-18(24)12(8-26-19(11)17)10-4-3-9(21)5-13(10)22/h3-5,7-8,16,21-23,25H,6H2,1-2H3/t16-/m0/s1. The third-order valence-corrected chi connectivity index (χ3v) is 4.81. The Hall–Kier alpha value is -3.19. The molecule has 7 nitrogen and oxygen atoms in total. The number of benzene rings is 2. The van der Waals surface area contributed by atoms with E-state index in [1.165, 1.54) is 24.5 Å². The summed E-state index contributed by atoms with van der Waals surface area (Å²) < 4.78 is 11.4. The predicted octanol–water partition coefficient (Wildman–Crippen LogP) is 2.65. The molecule has 0 fully saturated rings. The number of aromatic hydroxyl groups is 3. The van der Waals surface area contributed by atoms with Gasteiger partial charge in [-0.3, -0.25) is 4.79 Å². The molecule has 0 spiro atoms. The Morgan fingerprint density at radius 1 is 1.07 bits per heavy atom. The summed E-state index contributed by atoms with van der Waals surface area (Å²) in [6.07, 6.45) is 0.986. The van der Waals surface area contributed by atoms with Crippen molar-refractivity contribution in [2.75, 3.05) is 0 Å². The van der Waals surface area contributed by atoms with Crippen molar-refractivity contribution in [2.24, 2.45) is 0 Å². The number of hydrogen-bond donors (Lipinski definition) is 4. The first-order valence-electron chi connectivity index (χ1n) is 8.38. The molecule has 0 radical (unpaired) electrons. The van der Waals surface area contributed by atoms with Crippen LogP contribution in [0.4, 0.5) is 0 Å². The third kappa shape index (κ3) is 2.67. The van der Waals surface area contributed by atoms with Crippen LogP contribution < -0.4 is 10.2 Å². The van der Waals surface area contributed by atoms with E-state index in [0.29, 0.717) is 17.7 Å². The van der Waals surface area contributed by atoms with Crippen LogP contribution in [0.1, 0.15) is 19.4 Å². The summed E-state index contributed by atoms with van der Waals surface area (Å²) in [6, 6.07) is 5.17. The third-order valence-electron chi connectivity index (χ3n) is 4.81. The fraction of sp³-hybridized carbons (Fsp3) is 0.250. The molecule has 0 saturated heterocycles. The van der Waals surface area contributed by atoms with Crippen molar-refractivity contribution in [2.45, 2.75) is 32.0 Å². The normalized spacial score (nSPS) is 16.3. The van der Waals surface area contributed by atoms with E-state index in [1.54, 1.807) is 13.8 Å². The highest BCUT2D eigenvalue weighted by molar-refractivity contribution is 5.91. The van der Waals surface area contributed by atoms with Gasteiger partial charge in [0.25, 0.3) is 0 Å². The summed E-state index contributed by atoms with van der Waals surface area (Å²) in [5.41, 5.74) is -0.636. The molecule has 4 N–H and O–H groups in total. The summed E-state index contributed by atoms with van der Waals surface area (Å²) in [6.45, 7) is 3.24. The minimum atomic E-state index is -1.11. The van der Waals surface area contributed by atoms with Crippen molar-refractivity contribution >= 4 is 11.0 Å². The number of rotatable bonds is 2. The predicted molar refractivity (Wildman–Crippen MR) is 97.3 cm³/mol. The Labute approximate surface area is 153 Å². The van der Waals surface area contributed by atoms with E-state index in [4.69, 9.17) is 9.15 Å². The fourth-order valence-corrected chi connectivity index (χ4v) is 3.32. The largest absolute Gasteiger partial charge is 0.508 e. The highest BCUT2D eigenvalue weighted by Gasteiger charge is 2.37. The molecule has 0 aliphatic carbocycles. The van der Waals surface area contributed by atoms with Crippen LogP contribution in [-0.2, 0) is 6.42 Å². The van der Waals surface area contributed by atoms with E-state index >= 15 is 0 Å². The molecule has 1 aromatic heterocycles. The number of hydrogen-bond acceptors (Lipinski definition) is 7. The van der Waals surface area contributed by atoms with Crippen LogP contribution >= 0.6 is 0 Å². The van der Waals surface area contributed by atoms with Crippen molar-refractivity contribution in [1.29, 1.82) is 0 Å². The average Bonchev–Trinajstić information content (AvgIpc) is 3.00. The number of phenolic OH excluding ortho intramolecular Hbond substituents is 3. The zero-order chi connectivity index (χ0) is 19.5. The number of aliphatic hydroxyl groups is 1. The SMILES string of the molecule is CC(C)(O)[C@@H]1Cc2c(cc(O)c3c(=O)c(-c4ccc(O)cc4O)coc23)O1.